The second kappa shape index (κ2) is 4.49. The van der Waals surface area contributed by atoms with Crippen molar-refractivity contribution in [3.05, 3.63) is 41.8 Å². The summed E-state index contributed by atoms with van der Waals surface area (Å²) in [4.78, 5) is 11.5. The second-order valence-corrected chi connectivity index (χ2v) is 3.78. The fourth-order valence-electron chi connectivity index (χ4n) is 1.85. The Labute approximate surface area is 98.9 Å². The molecule has 1 aromatic heterocycles. The Morgan fingerprint density at radius 2 is 2.18 bits per heavy atom. The van der Waals surface area contributed by atoms with E-state index in [0.29, 0.717) is 17.7 Å². The van der Waals surface area contributed by atoms with Crippen molar-refractivity contribution in [3.8, 4) is 11.3 Å². The monoisotopic (exact) mass is 232 g/mol. The van der Waals surface area contributed by atoms with E-state index in [1.165, 1.54) is 25.1 Å². The maximum atomic E-state index is 13.3. The highest BCUT2D eigenvalue weighted by molar-refractivity contribution is 6.00. The van der Waals surface area contributed by atoms with Crippen molar-refractivity contribution in [2.45, 2.75) is 20.4 Å². The van der Waals surface area contributed by atoms with Crippen molar-refractivity contribution in [2.24, 2.45) is 0 Å². The topological polar surface area (TPSA) is 34.9 Å². The molecule has 88 valence electrons. The molecule has 0 unspecified atom stereocenters. The number of carbonyl (C=O) groups is 1. The van der Waals surface area contributed by atoms with Gasteiger partial charge in [0.15, 0.2) is 5.78 Å². The quantitative estimate of drug-likeness (QED) is 0.762. The first-order chi connectivity index (χ1) is 8.13. The Bertz CT molecular complexity index is 560. The molecule has 17 heavy (non-hydrogen) atoms. The molecule has 0 atom stereocenters. The minimum atomic E-state index is -0.353. The first-order valence-corrected chi connectivity index (χ1v) is 5.46. The van der Waals surface area contributed by atoms with E-state index in [2.05, 4.69) is 5.10 Å². The highest BCUT2D eigenvalue weighted by Gasteiger charge is 2.13. The van der Waals surface area contributed by atoms with Crippen LogP contribution in [0, 0.1) is 5.82 Å². The van der Waals surface area contributed by atoms with E-state index in [-0.39, 0.29) is 11.6 Å². The third kappa shape index (κ3) is 2.11. The van der Waals surface area contributed by atoms with Gasteiger partial charge in [0.2, 0.25) is 0 Å². The predicted octanol–water partition coefficient (Wildman–Crippen LogP) is 2.91. The molecule has 1 aromatic carbocycles. The zero-order chi connectivity index (χ0) is 12.4. The van der Waals surface area contributed by atoms with Crippen molar-refractivity contribution in [1.29, 1.82) is 0 Å². The molecule has 0 N–H and O–H groups in total. The van der Waals surface area contributed by atoms with Crippen LogP contribution in [0.5, 0.6) is 0 Å². The maximum absolute atomic E-state index is 13.3. The van der Waals surface area contributed by atoms with Crippen molar-refractivity contribution in [2.75, 3.05) is 0 Å². The standard InChI is InChI=1S/C13H13FN2O/c1-3-16-13(6-7-15-16)12-8-10(14)4-5-11(12)9(2)17/h4-8H,3H2,1-2H3. The van der Waals surface area contributed by atoms with Crippen molar-refractivity contribution in [3.63, 3.8) is 0 Å². The molecular formula is C13H13FN2O. The second-order valence-electron chi connectivity index (χ2n) is 3.78. The van der Waals surface area contributed by atoms with Crippen LogP contribution < -0.4 is 0 Å². The summed E-state index contributed by atoms with van der Waals surface area (Å²) in [5, 5.41) is 4.12. The summed E-state index contributed by atoms with van der Waals surface area (Å²) >= 11 is 0. The number of hydrogen-bond donors (Lipinski definition) is 0. The molecule has 1 heterocycles. The maximum Gasteiger partial charge on any atom is 0.160 e. The van der Waals surface area contributed by atoms with E-state index in [1.54, 1.807) is 16.9 Å². The zero-order valence-corrected chi connectivity index (χ0v) is 9.77. The SMILES string of the molecule is CCn1nccc1-c1cc(F)ccc1C(C)=O. The number of rotatable bonds is 3. The van der Waals surface area contributed by atoms with E-state index in [1.807, 2.05) is 6.92 Å². The number of ketones is 1. The Morgan fingerprint density at radius 3 is 2.82 bits per heavy atom. The minimum absolute atomic E-state index is 0.0798. The van der Waals surface area contributed by atoms with Crippen LogP contribution in [0.1, 0.15) is 24.2 Å². The Balaban J connectivity index is 2.65. The summed E-state index contributed by atoms with van der Waals surface area (Å²) in [5.41, 5.74) is 1.87. The van der Waals surface area contributed by atoms with Crippen LogP contribution in [0.2, 0.25) is 0 Å². The number of benzene rings is 1. The molecule has 0 spiro atoms. The summed E-state index contributed by atoms with van der Waals surface area (Å²) < 4.78 is 15.0. The van der Waals surface area contributed by atoms with Gasteiger partial charge >= 0.3 is 0 Å². The lowest BCUT2D eigenvalue weighted by Gasteiger charge is -2.09. The fraction of sp³-hybridized carbons (Fsp3) is 0.231. The van der Waals surface area contributed by atoms with Gasteiger partial charge in [-0.2, -0.15) is 5.10 Å². The number of halogens is 1. The van der Waals surface area contributed by atoms with Gasteiger partial charge in [-0.15, -0.1) is 0 Å². The summed E-state index contributed by atoms with van der Waals surface area (Å²) in [6, 6.07) is 5.97. The van der Waals surface area contributed by atoms with Gasteiger partial charge in [-0.25, -0.2) is 4.39 Å². The molecule has 2 aromatic rings. The van der Waals surface area contributed by atoms with E-state index >= 15 is 0 Å². The summed E-state index contributed by atoms with van der Waals surface area (Å²) in [5.74, 6) is -0.433. The van der Waals surface area contributed by atoms with Crippen molar-refractivity contribution in [1.82, 2.24) is 9.78 Å². The van der Waals surface area contributed by atoms with Crippen LogP contribution in [0.15, 0.2) is 30.5 Å². The molecule has 3 nitrogen and oxygen atoms in total. The van der Waals surface area contributed by atoms with Gasteiger partial charge in [0, 0.05) is 23.9 Å². The normalized spacial score (nSPS) is 10.5. The molecule has 0 saturated carbocycles. The van der Waals surface area contributed by atoms with E-state index < -0.39 is 0 Å². The van der Waals surface area contributed by atoms with Gasteiger partial charge in [0.25, 0.3) is 0 Å². The van der Waals surface area contributed by atoms with Crippen molar-refractivity contribution >= 4 is 5.78 Å². The van der Waals surface area contributed by atoms with Crippen LogP contribution in [0.25, 0.3) is 11.3 Å². The van der Waals surface area contributed by atoms with Gasteiger partial charge in [-0.05, 0) is 38.1 Å². The van der Waals surface area contributed by atoms with E-state index in [4.69, 9.17) is 0 Å². The third-order valence-electron chi connectivity index (χ3n) is 2.65. The average Bonchev–Trinajstić information content (AvgIpc) is 2.76. The molecule has 0 amide bonds. The number of Topliss-reactive ketones (excluding diaryl/α,β-unsaturated/α-hetero) is 1. The van der Waals surface area contributed by atoms with Crippen LogP contribution in [0.3, 0.4) is 0 Å². The average molecular weight is 232 g/mol. The lowest BCUT2D eigenvalue weighted by atomic mass is 10.0. The largest absolute Gasteiger partial charge is 0.294 e. The Morgan fingerprint density at radius 1 is 1.41 bits per heavy atom. The van der Waals surface area contributed by atoms with E-state index in [9.17, 15) is 9.18 Å². The fourth-order valence-corrected chi connectivity index (χ4v) is 1.85. The molecular weight excluding hydrogens is 219 g/mol. The third-order valence-corrected chi connectivity index (χ3v) is 2.65. The Kier molecular flexibility index (Phi) is 3.04. The lowest BCUT2D eigenvalue weighted by Crippen LogP contribution is -2.03. The number of hydrogen-bond acceptors (Lipinski definition) is 2. The van der Waals surface area contributed by atoms with Crippen LogP contribution >= 0.6 is 0 Å². The smallest absolute Gasteiger partial charge is 0.160 e. The molecule has 4 heteroatoms. The number of nitrogens with zero attached hydrogens (tertiary/aromatic N) is 2. The van der Waals surface area contributed by atoms with Gasteiger partial charge in [-0.1, -0.05) is 0 Å². The number of aryl methyl sites for hydroxylation is 1. The van der Waals surface area contributed by atoms with Gasteiger partial charge in [0.05, 0.1) is 5.69 Å². The van der Waals surface area contributed by atoms with Crippen LogP contribution in [-0.4, -0.2) is 15.6 Å². The van der Waals surface area contributed by atoms with Crippen LogP contribution in [-0.2, 0) is 6.54 Å². The first kappa shape index (κ1) is 11.5. The summed E-state index contributed by atoms with van der Waals surface area (Å²) in [7, 11) is 0. The summed E-state index contributed by atoms with van der Waals surface area (Å²) in [6.45, 7) is 4.10. The minimum Gasteiger partial charge on any atom is -0.294 e. The van der Waals surface area contributed by atoms with Gasteiger partial charge < -0.3 is 0 Å². The van der Waals surface area contributed by atoms with Crippen molar-refractivity contribution < 1.29 is 9.18 Å². The highest BCUT2D eigenvalue weighted by atomic mass is 19.1. The van der Waals surface area contributed by atoms with E-state index in [0.717, 1.165) is 5.69 Å². The molecule has 0 aliphatic heterocycles. The Hall–Kier alpha value is -1.97. The van der Waals surface area contributed by atoms with Gasteiger partial charge in [0.1, 0.15) is 5.82 Å². The lowest BCUT2D eigenvalue weighted by molar-refractivity contribution is 0.101. The number of carbonyl (C=O) groups excluding carboxylic acids is 1. The molecule has 0 fully saturated rings. The molecule has 0 aliphatic carbocycles. The summed E-state index contributed by atoms with van der Waals surface area (Å²) in [6.07, 6.45) is 1.65. The first-order valence-electron chi connectivity index (χ1n) is 5.46. The molecule has 0 bridgehead atoms. The molecule has 2 rings (SSSR count). The molecule has 0 saturated heterocycles. The van der Waals surface area contributed by atoms with Gasteiger partial charge in [-0.3, -0.25) is 9.48 Å². The molecule has 0 aliphatic rings. The predicted molar refractivity (Wildman–Crippen MR) is 63.3 cm³/mol. The number of aromatic nitrogens is 2. The molecule has 0 radical (unpaired) electrons. The van der Waals surface area contributed by atoms with Crippen LogP contribution in [0.4, 0.5) is 4.39 Å². The zero-order valence-electron chi connectivity index (χ0n) is 9.77. The highest BCUT2D eigenvalue weighted by Crippen LogP contribution is 2.25.